The Balaban J connectivity index is 0.000000640. The first-order valence-corrected chi connectivity index (χ1v) is 4.92. The van der Waals surface area contributed by atoms with Crippen LogP contribution in [0.3, 0.4) is 0 Å². The quantitative estimate of drug-likeness (QED) is 0.466. The molecule has 2 aromatic heterocycles. The minimum Gasteiger partial charge on any atom is -1.00 e. The van der Waals surface area contributed by atoms with Crippen LogP contribution in [0.5, 0.6) is 0 Å². The highest BCUT2D eigenvalue weighted by Gasteiger charge is 2.27. The summed E-state index contributed by atoms with van der Waals surface area (Å²) in [6.07, 6.45) is 4.29. The van der Waals surface area contributed by atoms with Gasteiger partial charge < -0.3 is 22.5 Å². The van der Waals surface area contributed by atoms with Crippen LogP contribution in [0.15, 0.2) is 48.8 Å². The molecule has 0 amide bonds. The highest BCUT2D eigenvalue weighted by molar-refractivity contribution is 5.46. The van der Waals surface area contributed by atoms with Gasteiger partial charge in [-0.2, -0.15) is 9.13 Å². The lowest BCUT2D eigenvalue weighted by molar-refractivity contribution is -0.794. The zero-order valence-electron chi connectivity index (χ0n) is 8.81. The minimum atomic E-state index is 0. The summed E-state index contributed by atoms with van der Waals surface area (Å²) in [5.41, 5.74) is 2.61. The molecule has 0 saturated carbocycles. The van der Waals surface area contributed by atoms with Crippen molar-refractivity contribution in [2.45, 2.75) is 13.1 Å². The van der Waals surface area contributed by atoms with Crippen LogP contribution in [0, 0.1) is 0 Å². The molecule has 0 fully saturated rings. The van der Waals surface area contributed by atoms with Crippen LogP contribution in [-0.2, 0) is 13.1 Å². The van der Waals surface area contributed by atoms with Gasteiger partial charge in [0.15, 0.2) is 12.4 Å². The average molecular weight is 282 g/mol. The zero-order valence-corrected chi connectivity index (χ0v) is 10.4. The Labute approximate surface area is 105 Å². The van der Waals surface area contributed by atoms with E-state index in [2.05, 4.69) is 57.9 Å². The zero-order chi connectivity index (χ0) is 9.38. The van der Waals surface area contributed by atoms with Gasteiger partial charge in [-0.05, 0) is 12.1 Å². The summed E-state index contributed by atoms with van der Waals surface area (Å²) in [6.45, 7) is 2.13. The molecule has 0 unspecified atom stereocenters. The van der Waals surface area contributed by atoms with E-state index in [0.717, 1.165) is 13.1 Å². The molecule has 2 N–H and O–H groups in total. The Morgan fingerprint density at radius 1 is 0.750 bits per heavy atom. The number of nitrogens with zero attached hydrogens (tertiary/aromatic N) is 2. The summed E-state index contributed by atoms with van der Waals surface area (Å²) in [5, 5.41) is 0. The second-order valence-corrected chi connectivity index (χ2v) is 3.56. The second-order valence-electron chi connectivity index (χ2n) is 3.56. The number of hydrogen-bond donors (Lipinski definition) is 0. The van der Waals surface area contributed by atoms with Gasteiger partial charge in [0.1, 0.15) is 0 Å². The smallest absolute Gasteiger partial charge is 0.277 e. The molecule has 3 rings (SSSR count). The molecule has 0 aliphatic carbocycles. The van der Waals surface area contributed by atoms with Crippen LogP contribution in [0.1, 0.15) is 0 Å². The van der Waals surface area contributed by atoms with E-state index >= 15 is 0 Å². The lowest BCUT2D eigenvalue weighted by Gasteiger charge is -2.08. The van der Waals surface area contributed by atoms with E-state index in [0.29, 0.717) is 0 Å². The summed E-state index contributed by atoms with van der Waals surface area (Å²) in [6, 6.07) is 12.7. The van der Waals surface area contributed by atoms with Crippen LogP contribution in [-0.4, -0.2) is 5.48 Å². The van der Waals surface area contributed by atoms with Crippen LogP contribution >= 0.6 is 0 Å². The van der Waals surface area contributed by atoms with Crippen molar-refractivity contribution < 1.29 is 31.6 Å². The standard InChI is InChI=1S/C12H12N2.BrH.H2O/c1-3-7-13-9-10-14-8-4-2-6-12(14)11(13)5-1;;/h1-8H,9-10H2;1H;1H2/q+2;;/p-1. The molecule has 1 aliphatic rings. The third-order valence-corrected chi connectivity index (χ3v) is 2.73. The fourth-order valence-electron chi connectivity index (χ4n) is 2.02. The van der Waals surface area contributed by atoms with E-state index in [4.69, 9.17) is 0 Å². The summed E-state index contributed by atoms with van der Waals surface area (Å²) < 4.78 is 4.60. The monoisotopic (exact) mass is 281 g/mol. The van der Waals surface area contributed by atoms with Crippen molar-refractivity contribution in [2.24, 2.45) is 0 Å². The van der Waals surface area contributed by atoms with Gasteiger partial charge in [-0.3, -0.25) is 0 Å². The molecule has 0 atom stereocenters. The van der Waals surface area contributed by atoms with E-state index in [1.807, 2.05) is 0 Å². The fourth-order valence-corrected chi connectivity index (χ4v) is 2.02. The molecule has 0 radical (unpaired) electrons. The van der Waals surface area contributed by atoms with Crippen LogP contribution in [0.2, 0.25) is 0 Å². The van der Waals surface area contributed by atoms with Gasteiger partial charge >= 0.3 is 0 Å². The van der Waals surface area contributed by atoms with Crippen molar-refractivity contribution >= 4 is 0 Å². The largest absolute Gasteiger partial charge is 1.00 e. The summed E-state index contributed by atoms with van der Waals surface area (Å²) in [7, 11) is 0. The number of halogens is 1. The van der Waals surface area contributed by atoms with Crippen LogP contribution in [0.4, 0.5) is 0 Å². The molecule has 4 heteroatoms. The van der Waals surface area contributed by atoms with E-state index in [9.17, 15) is 0 Å². The summed E-state index contributed by atoms with van der Waals surface area (Å²) in [4.78, 5) is 0. The maximum Gasteiger partial charge on any atom is 0.277 e. The Hall–Kier alpha value is -1.26. The molecule has 0 saturated heterocycles. The molecule has 0 bridgehead atoms. The van der Waals surface area contributed by atoms with Crippen molar-refractivity contribution in [1.82, 2.24) is 0 Å². The van der Waals surface area contributed by atoms with Gasteiger partial charge in [0, 0.05) is 24.3 Å². The van der Waals surface area contributed by atoms with E-state index in [1.54, 1.807) is 0 Å². The van der Waals surface area contributed by atoms with E-state index in [1.165, 1.54) is 11.4 Å². The Kier molecular flexibility index (Phi) is 4.15. The van der Waals surface area contributed by atoms with Gasteiger partial charge in [-0.1, -0.05) is 0 Å². The SMILES string of the molecule is O.[Br-].c1cc[n+]2c(c1)-c1cccc[n+]1CC2. The molecule has 1 aliphatic heterocycles. The lowest BCUT2D eigenvalue weighted by atomic mass is 10.2. The Bertz CT molecular complexity index is 442. The van der Waals surface area contributed by atoms with E-state index < -0.39 is 0 Å². The number of aromatic nitrogens is 2. The number of rotatable bonds is 0. The first kappa shape index (κ1) is 12.8. The van der Waals surface area contributed by atoms with Crippen molar-refractivity contribution in [3.63, 3.8) is 0 Å². The molecular weight excluding hydrogens is 268 g/mol. The highest BCUT2D eigenvalue weighted by Crippen LogP contribution is 2.11. The summed E-state index contributed by atoms with van der Waals surface area (Å²) >= 11 is 0. The van der Waals surface area contributed by atoms with Crippen LogP contribution < -0.4 is 26.1 Å². The maximum absolute atomic E-state index is 2.30. The third kappa shape index (κ3) is 1.99. The second kappa shape index (κ2) is 5.18. The van der Waals surface area contributed by atoms with Gasteiger partial charge in [0.2, 0.25) is 13.1 Å². The molecule has 0 aromatic carbocycles. The number of pyridine rings is 2. The molecule has 3 nitrogen and oxygen atoms in total. The molecule has 0 spiro atoms. The Morgan fingerprint density at radius 2 is 1.19 bits per heavy atom. The third-order valence-electron chi connectivity index (χ3n) is 2.73. The Morgan fingerprint density at radius 3 is 1.62 bits per heavy atom. The van der Waals surface area contributed by atoms with Gasteiger partial charge in [-0.15, -0.1) is 0 Å². The minimum absolute atomic E-state index is 0. The maximum atomic E-state index is 2.30. The number of hydrogen-bond acceptors (Lipinski definition) is 0. The predicted molar refractivity (Wildman–Crippen MR) is 55.9 cm³/mol. The van der Waals surface area contributed by atoms with Crippen molar-refractivity contribution in [2.75, 3.05) is 0 Å². The lowest BCUT2D eigenvalue weighted by Crippen LogP contribution is -3.00. The molecule has 16 heavy (non-hydrogen) atoms. The molecular formula is C12H14BrN2O+. The number of fused-ring (bicyclic) bond motifs is 3. The highest BCUT2D eigenvalue weighted by atomic mass is 79.9. The first-order valence-electron chi connectivity index (χ1n) is 4.92. The van der Waals surface area contributed by atoms with Crippen molar-refractivity contribution in [1.29, 1.82) is 0 Å². The van der Waals surface area contributed by atoms with Gasteiger partial charge in [-0.25, -0.2) is 0 Å². The summed E-state index contributed by atoms with van der Waals surface area (Å²) in [5.74, 6) is 0. The van der Waals surface area contributed by atoms with Crippen molar-refractivity contribution in [3.05, 3.63) is 48.8 Å². The first-order chi connectivity index (χ1) is 6.95. The normalized spacial score (nSPS) is 11.5. The molecule has 2 aromatic rings. The van der Waals surface area contributed by atoms with Crippen LogP contribution in [0.25, 0.3) is 11.4 Å². The van der Waals surface area contributed by atoms with Gasteiger partial charge in [0.05, 0.1) is 0 Å². The van der Waals surface area contributed by atoms with E-state index in [-0.39, 0.29) is 22.5 Å². The number of aryl methyl sites for hydroxylation is 2. The average Bonchev–Trinajstić information content (AvgIpc) is 2.29. The fraction of sp³-hybridized carbons (Fsp3) is 0.167. The predicted octanol–water partition coefficient (Wildman–Crippen LogP) is -2.88. The molecule has 3 heterocycles. The topological polar surface area (TPSA) is 39.3 Å². The van der Waals surface area contributed by atoms with Gasteiger partial charge in [0.25, 0.3) is 11.4 Å². The molecule has 84 valence electrons. The van der Waals surface area contributed by atoms with Crippen molar-refractivity contribution in [3.8, 4) is 11.4 Å².